The maximum Gasteiger partial charge on any atom is 0.408 e. The fraction of sp³-hybridized carbons (Fsp3) is 0.429. The van der Waals surface area contributed by atoms with Gasteiger partial charge in [0.2, 0.25) is 11.8 Å². The highest BCUT2D eigenvalue weighted by molar-refractivity contribution is 6.00. The van der Waals surface area contributed by atoms with Gasteiger partial charge < -0.3 is 31.1 Å². The number of aromatic hydroxyl groups is 1. The number of amides is 4. The van der Waals surface area contributed by atoms with E-state index in [2.05, 4.69) is 10.6 Å². The van der Waals surface area contributed by atoms with E-state index in [0.29, 0.717) is 11.3 Å². The normalized spacial score (nSPS) is 12.7. The van der Waals surface area contributed by atoms with Crippen LogP contribution in [0.2, 0.25) is 0 Å². The molecule has 0 radical (unpaired) electrons. The van der Waals surface area contributed by atoms with E-state index in [0.717, 1.165) is 11.1 Å². The number of alkyl carbamates (subject to hydrolysis) is 1. The number of hydrogen-bond donors (Lipinski definition) is 4. The van der Waals surface area contributed by atoms with Crippen LogP contribution < -0.4 is 16.4 Å². The van der Waals surface area contributed by atoms with Gasteiger partial charge in [-0.1, -0.05) is 36.4 Å². The van der Waals surface area contributed by atoms with Crippen molar-refractivity contribution in [1.82, 2.24) is 10.2 Å². The Labute approximate surface area is 223 Å². The fourth-order valence-electron chi connectivity index (χ4n) is 4.07. The largest absolute Gasteiger partial charge is 0.507 e. The van der Waals surface area contributed by atoms with E-state index in [9.17, 15) is 24.3 Å². The number of carbonyl (C=O) groups is 4. The average Bonchev–Trinajstić information content (AvgIpc) is 2.79. The third-order valence-corrected chi connectivity index (χ3v) is 5.87. The van der Waals surface area contributed by atoms with Crippen molar-refractivity contribution in [2.45, 2.75) is 72.6 Å². The third-order valence-electron chi connectivity index (χ3n) is 5.87. The molecule has 0 bridgehead atoms. The summed E-state index contributed by atoms with van der Waals surface area (Å²) in [7, 11) is 0. The van der Waals surface area contributed by atoms with Gasteiger partial charge in [0, 0.05) is 17.8 Å². The lowest BCUT2D eigenvalue weighted by molar-refractivity contribution is -0.141. The van der Waals surface area contributed by atoms with E-state index in [1.54, 1.807) is 52.8 Å². The summed E-state index contributed by atoms with van der Waals surface area (Å²) in [5.74, 6) is -2.29. The number of benzene rings is 2. The van der Waals surface area contributed by atoms with Crippen LogP contribution in [0.5, 0.6) is 5.75 Å². The Morgan fingerprint density at radius 3 is 2.08 bits per heavy atom. The zero-order chi connectivity index (χ0) is 28.8. The average molecular weight is 527 g/mol. The van der Waals surface area contributed by atoms with Crippen molar-refractivity contribution in [3.63, 3.8) is 0 Å². The number of nitrogens with zero attached hydrogens (tertiary/aromatic N) is 1. The molecular formula is C28H38N4O6. The summed E-state index contributed by atoms with van der Waals surface area (Å²) in [5, 5.41) is 16.2. The zero-order valence-corrected chi connectivity index (χ0v) is 23.0. The molecule has 10 heteroatoms. The van der Waals surface area contributed by atoms with Gasteiger partial charge in [0.25, 0.3) is 5.91 Å². The number of likely N-dealkylation sites (N-methyl/N-ethyl adjacent to an activating group) is 1. The Kier molecular flexibility index (Phi) is 9.87. The van der Waals surface area contributed by atoms with Crippen LogP contribution in [-0.2, 0) is 19.1 Å². The van der Waals surface area contributed by atoms with Gasteiger partial charge in [-0.15, -0.1) is 0 Å². The van der Waals surface area contributed by atoms with Crippen molar-refractivity contribution < 1.29 is 29.0 Å². The summed E-state index contributed by atoms with van der Waals surface area (Å²) in [5.41, 5.74) is 7.45. The van der Waals surface area contributed by atoms with E-state index in [1.165, 1.54) is 4.90 Å². The van der Waals surface area contributed by atoms with Gasteiger partial charge in [0.15, 0.2) is 0 Å². The van der Waals surface area contributed by atoms with Gasteiger partial charge in [-0.05, 0) is 65.2 Å². The van der Waals surface area contributed by atoms with Crippen LogP contribution in [0.25, 0.3) is 0 Å². The maximum absolute atomic E-state index is 13.8. The van der Waals surface area contributed by atoms with Crippen LogP contribution in [-0.4, -0.2) is 52.0 Å². The molecule has 0 aromatic heterocycles. The number of carbonyl (C=O) groups excluding carboxylic acids is 4. The molecule has 0 spiro atoms. The van der Waals surface area contributed by atoms with E-state index in [4.69, 9.17) is 10.5 Å². The number of anilines is 1. The number of hydrogen-bond acceptors (Lipinski definition) is 6. The number of rotatable bonds is 9. The lowest BCUT2D eigenvalue weighted by Crippen LogP contribution is -2.53. The molecule has 4 amide bonds. The molecule has 0 aliphatic rings. The number of phenolic OH excluding ortho intramolecular Hbond substituents is 1. The number of aryl methyl sites for hydroxylation is 3. The third kappa shape index (κ3) is 7.71. The molecule has 2 aromatic carbocycles. The fourth-order valence-corrected chi connectivity index (χ4v) is 4.07. The molecule has 2 atom stereocenters. The van der Waals surface area contributed by atoms with E-state index in [-0.39, 0.29) is 17.9 Å². The van der Waals surface area contributed by atoms with Crippen LogP contribution in [0.4, 0.5) is 10.5 Å². The first-order valence-electron chi connectivity index (χ1n) is 12.4. The molecule has 10 nitrogen and oxygen atoms in total. The Hall–Kier alpha value is -4.08. The molecule has 0 fully saturated rings. The number of para-hydroxylation sites is 2. The number of nitrogens with two attached hydrogens (primary N) is 1. The molecule has 206 valence electrons. The van der Waals surface area contributed by atoms with E-state index >= 15 is 0 Å². The topological polar surface area (TPSA) is 151 Å². The SMILES string of the molecule is CCN(C(=O)C(CC(N)=O)NC(=O)OC(C)(C)C)C(C(=O)Nc1c(C)cccc1C)c1cccc(C)c1O. The van der Waals surface area contributed by atoms with Crippen LogP contribution in [0.15, 0.2) is 36.4 Å². The molecule has 5 N–H and O–H groups in total. The summed E-state index contributed by atoms with van der Waals surface area (Å²) in [6.07, 6.45) is -1.43. The second-order valence-electron chi connectivity index (χ2n) is 10.2. The van der Waals surface area contributed by atoms with Crippen molar-refractivity contribution in [2.75, 3.05) is 11.9 Å². The molecular weight excluding hydrogens is 488 g/mol. The minimum absolute atomic E-state index is 0.0162. The molecule has 2 aromatic rings. The first-order valence-corrected chi connectivity index (χ1v) is 12.4. The minimum Gasteiger partial charge on any atom is -0.507 e. The molecule has 0 heterocycles. The summed E-state index contributed by atoms with van der Waals surface area (Å²) < 4.78 is 5.25. The van der Waals surface area contributed by atoms with Gasteiger partial charge in [0.1, 0.15) is 23.4 Å². The molecule has 0 aliphatic carbocycles. The van der Waals surface area contributed by atoms with Crippen molar-refractivity contribution >= 4 is 29.5 Å². The highest BCUT2D eigenvalue weighted by Gasteiger charge is 2.37. The van der Waals surface area contributed by atoms with Crippen LogP contribution in [0.1, 0.15) is 62.4 Å². The highest BCUT2D eigenvalue weighted by atomic mass is 16.6. The number of phenols is 1. The lowest BCUT2D eigenvalue weighted by Gasteiger charge is -2.34. The standard InChI is InChI=1S/C28H38N4O6/c1-8-32(26(36)20(15-21(29)33)30-27(37)38-28(5,6)7)23(19-14-10-13-18(4)24(19)34)25(35)31-22-16(2)11-9-12-17(22)3/h9-14,20,23,34H,8,15H2,1-7H3,(H2,29,33)(H,30,37)(H,31,35). The van der Waals surface area contributed by atoms with Crippen LogP contribution >= 0.6 is 0 Å². The summed E-state index contributed by atoms with van der Waals surface area (Å²) >= 11 is 0. The van der Waals surface area contributed by atoms with Crippen molar-refractivity contribution in [2.24, 2.45) is 5.73 Å². The number of nitrogens with one attached hydrogen (secondary N) is 2. The van der Waals surface area contributed by atoms with Crippen molar-refractivity contribution in [1.29, 1.82) is 0 Å². The Balaban J connectivity index is 2.56. The Bertz CT molecular complexity index is 1180. The minimum atomic E-state index is -1.40. The predicted octanol–water partition coefficient (Wildman–Crippen LogP) is 3.61. The second-order valence-corrected chi connectivity index (χ2v) is 10.2. The van der Waals surface area contributed by atoms with Crippen LogP contribution in [0, 0.1) is 20.8 Å². The summed E-state index contributed by atoms with van der Waals surface area (Å²) in [4.78, 5) is 53.1. The Morgan fingerprint density at radius 1 is 1.00 bits per heavy atom. The quantitative estimate of drug-likeness (QED) is 0.392. The second kappa shape index (κ2) is 12.4. The van der Waals surface area contributed by atoms with Gasteiger partial charge in [-0.25, -0.2) is 4.79 Å². The molecule has 0 aliphatic heterocycles. The van der Waals surface area contributed by atoms with Crippen molar-refractivity contribution in [3.8, 4) is 5.75 Å². The monoisotopic (exact) mass is 526 g/mol. The molecule has 2 rings (SSSR count). The first kappa shape index (κ1) is 30.1. The zero-order valence-electron chi connectivity index (χ0n) is 23.0. The van der Waals surface area contributed by atoms with Gasteiger partial charge in [-0.2, -0.15) is 0 Å². The highest BCUT2D eigenvalue weighted by Crippen LogP contribution is 2.33. The summed E-state index contributed by atoms with van der Waals surface area (Å²) in [6, 6.07) is 7.77. The smallest absolute Gasteiger partial charge is 0.408 e. The lowest BCUT2D eigenvalue weighted by atomic mass is 9.98. The van der Waals surface area contributed by atoms with Gasteiger partial charge in [0.05, 0.1) is 6.42 Å². The van der Waals surface area contributed by atoms with Crippen LogP contribution in [0.3, 0.4) is 0 Å². The van der Waals surface area contributed by atoms with E-state index < -0.39 is 47.9 Å². The van der Waals surface area contributed by atoms with Gasteiger partial charge in [-0.3, -0.25) is 14.4 Å². The molecule has 0 saturated heterocycles. The van der Waals surface area contributed by atoms with E-state index in [1.807, 2.05) is 32.0 Å². The predicted molar refractivity (Wildman–Crippen MR) is 144 cm³/mol. The van der Waals surface area contributed by atoms with Gasteiger partial charge >= 0.3 is 6.09 Å². The first-order chi connectivity index (χ1) is 17.7. The summed E-state index contributed by atoms with van der Waals surface area (Å²) in [6.45, 7) is 12.0. The Morgan fingerprint density at radius 2 is 1.55 bits per heavy atom. The number of primary amides is 1. The molecule has 2 unspecified atom stereocenters. The van der Waals surface area contributed by atoms with Crippen molar-refractivity contribution in [3.05, 3.63) is 58.7 Å². The number of ether oxygens (including phenoxy) is 1. The maximum atomic E-state index is 13.8. The molecule has 38 heavy (non-hydrogen) atoms. The molecule has 0 saturated carbocycles.